The molecular formula is C24H42Cl2O2Si3. The van der Waals surface area contributed by atoms with Crippen molar-refractivity contribution in [2.24, 2.45) is 0 Å². The van der Waals surface area contributed by atoms with Crippen molar-refractivity contribution < 1.29 is 8.85 Å². The maximum atomic E-state index is 6.86. The van der Waals surface area contributed by atoms with E-state index in [0.29, 0.717) is 0 Å². The Labute approximate surface area is 205 Å². The van der Waals surface area contributed by atoms with E-state index in [1.807, 2.05) is 0 Å². The van der Waals surface area contributed by atoms with Gasteiger partial charge in [0.25, 0.3) is 0 Å². The summed E-state index contributed by atoms with van der Waals surface area (Å²) in [7, 11) is -4.12. The zero-order chi connectivity index (χ0) is 23.7. The summed E-state index contributed by atoms with van der Waals surface area (Å²) in [4.78, 5) is 0. The molecule has 2 aliphatic rings. The first-order chi connectivity index (χ1) is 14.2. The molecule has 0 aromatic rings. The Morgan fingerprint density at radius 2 is 1.06 bits per heavy atom. The van der Waals surface area contributed by atoms with Gasteiger partial charge >= 0.3 is 0 Å². The second kappa shape index (κ2) is 10.6. The molecular weight excluding hydrogens is 475 g/mol. The zero-order valence-electron chi connectivity index (χ0n) is 21.3. The molecule has 0 N–H and O–H groups in total. The van der Waals surface area contributed by atoms with Gasteiger partial charge < -0.3 is 8.85 Å². The topological polar surface area (TPSA) is 18.5 Å². The van der Waals surface area contributed by atoms with Gasteiger partial charge in [0.1, 0.15) is 0 Å². The summed E-state index contributed by atoms with van der Waals surface area (Å²) in [6.07, 6.45) is 3.85. The highest BCUT2D eigenvalue weighted by Gasteiger charge is 2.35. The van der Waals surface area contributed by atoms with Crippen LogP contribution < -0.4 is 0 Å². The van der Waals surface area contributed by atoms with Gasteiger partial charge in [-0.1, -0.05) is 58.6 Å². The highest BCUT2D eigenvalue weighted by molar-refractivity contribution is 6.70. The van der Waals surface area contributed by atoms with Gasteiger partial charge in [0.15, 0.2) is 16.6 Å². The van der Waals surface area contributed by atoms with Crippen LogP contribution in [-0.2, 0) is 8.85 Å². The fourth-order valence-corrected chi connectivity index (χ4v) is 10.5. The van der Waals surface area contributed by atoms with Gasteiger partial charge in [-0.15, -0.1) is 0 Å². The maximum absolute atomic E-state index is 6.86. The zero-order valence-corrected chi connectivity index (χ0v) is 26.2. The van der Waals surface area contributed by atoms with Gasteiger partial charge in [-0.25, -0.2) is 0 Å². The predicted molar refractivity (Wildman–Crippen MR) is 146 cm³/mol. The Morgan fingerprint density at radius 3 is 1.32 bits per heavy atom. The van der Waals surface area contributed by atoms with Crippen LogP contribution in [0, 0.1) is 0 Å². The van der Waals surface area contributed by atoms with Crippen LogP contribution in [-0.4, -0.2) is 38.4 Å². The minimum Gasteiger partial charge on any atom is -0.411 e. The van der Waals surface area contributed by atoms with E-state index in [1.54, 1.807) is 0 Å². The molecule has 2 aliphatic carbocycles. The molecule has 0 aliphatic heterocycles. The van der Waals surface area contributed by atoms with Gasteiger partial charge in [-0.05, 0) is 77.1 Å². The molecule has 0 fully saturated rings. The first-order valence-electron chi connectivity index (χ1n) is 11.7. The van der Waals surface area contributed by atoms with Gasteiger partial charge in [0.05, 0.1) is 21.7 Å². The summed E-state index contributed by atoms with van der Waals surface area (Å²) in [5.74, 6) is 0. The fourth-order valence-electron chi connectivity index (χ4n) is 4.61. The molecule has 2 nitrogen and oxygen atoms in total. The summed E-state index contributed by atoms with van der Waals surface area (Å²) >= 11 is 13.7. The van der Waals surface area contributed by atoms with Crippen LogP contribution in [0.25, 0.3) is 0 Å². The first kappa shape index (κ1) is 27.4. The average molecular weight is 518 g/mol. The average Bonchev–Trinajstić information content (AvgIpc) is 3.04. The molecule has 0 radical (unpaired) electrons. The van der Waals surface area contributed by atoms with Crippen LogP contribution in [0.1, 0.15) is 53.4 Å². The van der Waals surface area contributed by atoms with E-state index in [0.717, 1.165) is 35.7 Å². The first-order valence-corrected chi connectivity index (χ1v) is 20.7. The van der Waals surface area contributed by atoms with Gasteiger partial charge in [0, 0.05) is 22.9 Å². The Morgan fingerprint density at radius 1 is 0.742 bits per heavy atom. The van der Waals surface area contributed by atoms with Crippen molar-refractivity contribution in [1.82, 2.24) is 0 Å². The Bertz CT molecular complexity index is 759. The summed E-state index contributed by atoms with van der Waals surface area (Å²) in [5.41, 5.74) is 5.42. The van der Waals surface area contributed by atoms with E-state index in [1.165, 1.54) is 32.7 Å². The van der Waals surface area contributed by atoms with Crippen LogP contribution in [0.4, 0.5) is 0 Å². The Balaban J connectivity index is 2.42. The second-order valence-corrected chi connectivity index (χ2v) is 22.5. The molecule has 0 aromatic carbocycles. The van der Waals surface area contributed by atoms with Gasteiger partial charge in [0.2, 0.25) is 0 Å². The molecule has 176 valence electrons. The number of allylic oxidation sites excluding steroid dienone is 4. The van der Waals surface area contributed by atoms with Crippen molar-refractivity contribution >= 4 is 49.4 Å². The molecule has 0 bridgehead atoms. The summed E-state index contributed by atoms with van der Waals surface area (Å²) < 4.78 is 13.2. The van der Waals surface area contributed by atoms with Crippen molar-refractivity contribution in [2.75, 3.05) is 0 Å². The fraction of sp³-hybridized carbons (Fsp3) is 0.667. The minimum absolute atomic E-state index is 0.101. The molecule has 0 saturated heterocycles. The van der Waals surface area contributed by atoms with Crippen molar-refractivity contribution in [3.05, 3.63) is 42.7 Å². The van der Waals surface area contributed by atoms with E-state index in [-0.39, 0.29) is 12.2 Å². The van der Waals surface area contributed by atoms with Crippen LogP contribution in [0.2, 0.25) is 39.3 Å². The number of hydrogen-bond donors (Lipinski definition) is 0. The number of halogens is 2. The molecule has 0 spiro atoms. The Hall–Kier alpha value is 0.111. The summed E-state index contributed by atoms with van der Waals surface area (Å²) in [6, 6.07) is 0. The van der Waals surface area contributed by atoms with E-state index in [4.69, 9.17) is 32.1 Å². The van der Waals surface area contributed by atoms with Gasteiger partial charge in [-0.3, -0.25) is 0 Å². The van der Waals surface area contributed by atoms with Crippen molar-refractivity contribution in [3.8, 4) is 0 Å². The molecule has 2 unspecified atom stereocenters. The lowest BCUT2D eigenvalue weighted by atomic mass is 10.1. The van der Waals surface area contributed by atoms with Crippen LogP contribution in [0.3, 0.4) is 0 Å². The normalized spacial score (nSPS) is 20.9. The summed E-state index contributed by atoms with van der Waals surface area (Å²) in [5, 5.41) is 4.97. The molecule has 0 heterocycles. The standard InChI is InChI=1S/C24H42Cl2O2Si3/c1-11-19(27-30(5,6)7)21-17(25)13-15(3)23(21)29-24-16(4)14-18(26)22(24)20(12-2)28-31(8,9)10/h19-20H,11-14,29H2,1-10H3. The molecule has 0 aromatic heterocycles. The van der Waals surface area contributed by atoms with Crippen molar-refractivity contribution in [1.29, 1.82) is 0 Å². The monoisotopic (exact) mass is 516 g/mol. The number of rotatable bonds is 10. The molecule has 0 saturated carbocycles. The van der Waals surface area contributed by atoms with Crippen molar-refractivity contribution in [2.45, 2.75) is 105 Å². The molecule has 31 heavy (non-hydrogen) atoms. The predicted octanol–water partition coefficient (Wildman–Crippen LogP) is 7.76. The van der Waals surface area contributed by atoms with Crippen molar-refractivity contribution in [3.63, 3.8) is 0 Å². The SMILES string of the molecule is CCC(O[Si](C)(C)C)C1=C(Cl)CC(C)=C1[SiH2]C1=C(C)CC(Cl)=C1C(CC)O[Si](C)(C)C. The lowest BCUT2D eigenvalue weighted by molar-refractivity contribution is 0.228. The molecule has 2 rings (SSSR count). The molecule has 0 amide bonds. The largest absolute Gasteiger partial charge is 0.411 e. The summed E-state index contributed by atoms with van der Waals surface area (Å²) in [6.45, 7) is 22.5. The van der Waals surface area contributed by atoms with Gasteiger partial charge in [-0.2, -0.15) is 0 Å². The van der Waals surface area contributed by atoms with Crippen LogP contribution in [0.15, 0.2) is 42.7 Å². The second-order valence-electron chi connectivity index (χ2n) is 10.9. The van der Waals surface area contributed by atoms with E-state index in [2.05, 4.69) is 67.0 Å². The van der Waals surface area contributed by atoms with E-state index < -0.39 is 26.2 Å². The van der Waals surface area contributed by atoms with Crippen LogP contribution >= 0.6 is 23.2 Å². The third kappa shape index (κ3) is 7.05. The maximum Gasteiger partial charge on any atom is 0.184 e. The van der Waals surface area contributed by atoms with E-state index in [9.17, 15) is 0 Å². The quantitative estimate of drug-likeness (QED) is 0.276. The molecule has 2 atom stereocenters. The lowest BCUT2D eigenvalue weighted by Crippen LogP contribution is -2.34. The number of hydrogen-bond acceptors (Lipinski definition) is 2. The smallest absolute Gasteiger partial charge is 0.184 e. The third-order valence-corrected chi connectivity index (χ3v) is 11.2. The van der Waals surface area contributed by atoms with E-state index >= 15 is 0 Å². The highest BCUT2D eigenvalue weighted by Crippen LogP contribution is 2.44. The third-order valence-electron chi connectivity index (χ3n) is 5.84. The molecule has 7 heteroatoms. The lowest BCUT2D eigenvalue weighted by Gasteiger charge is -2.30. The van der Waals surface area contributed by atoms with Crippen LogP contribution in [0.5, 0.6) is 0 Å². The highest BCUT2D eigenvalue weighted by atomic mass is 35.5. The Kier molecular flexibility index (Phi) is 9.34. The minimum atomic E-state index is -1.68.